The van der Waals surface area contributed by atoms with Crippen LogP contribution in [0.2, 0.25) is 0 Å². The van der Waals surface area contributed by atoms with Crippen LogP contribution in [0.25, 0.3) is 222 Å². The van der Waals surface area contributed by atoms with E-state index in [9.17, 15) is 0 Å². The normalized spacial score (nSPS) is 11.5. The monoisotopic (exact) mass is 1540 g/mol. The Kier molecular flexibility index (Phi) is 18.1. The van der Waals surface area contributed by atoms with Crippen molar-refractivity contribution in [2.24, 2.45) is 0 Å². The number of para-hydroxylation sites is 2. The number of rotatable bonds is 12. The van der Waals surface area contributed by atoms with Gasteiger partial charge in [-0.3, -0.25) is 19.9 Å². The molecule has 10 aromatic heterocycles. The summed E-state index contributed by atoms with van der Waals surface area (Å²) in [5, 5.41) is 13.7. The molecule has 0 aliphatic heterocycles. The third-order valence-electron chi connectivity index (χ3n) is 22.9. The van der Waals surface area contributed by atoms with Gasteiger partial charge in [0.15, 0.2) is 34.9 Å². The molecule has 0 spiro atoms. The zero-order valence-corrected chi connectivity index (χ0v) is 65.7. The molecule has 120 heavy (non-hydrogen) atoms. The molecule has 0 N–H and O–H groups in total. The lowest BCUT2D eigenvalue weighted by molar-refractivity contribution is 1.07. The summed E-state index contributed by atoms with van der Waals surface area (Å²) in [6.07, 6.45) is 14.7. The maximum atomic E-state index is 5.52. The van der Waals surface area contributed by atoms with Crippen molar-refractivity contribution in [3.05, 3.63) is 375 Å². The molecule has 0 bridgehead atoms. The van der Waals surface area contributed by atoms with Gasteiger partial charge in [0, 0.05) is 148 Å². The molecule has 22 rings (SSSR count). The fraction of sp³-hybridized carbons (Fsp3) is 0.0377. The highest BCUT2D eigenvalue weighted by molar-refractivity contribution is 6.27. The maximum Gasteiger partial charge on any atom is 0.164 e. The third kappa shape index (κ3) is 12.9. The van der Waals surface area contributed by atoms with Crippen LogP contribution in [-0.2, 0) is 0 Å². The molecule has 0 aliphatic rings. The van der Waals surface area contributed by atoms with Crippen LogP contribution in [0.15, 0.2) is 353 Å². The van der Waals surface area contributed by atoms with E-state index in [0.717, 1.165) is 182 Å². The van der Waals surface area contributed by atoms with Crippen LogP contribution in [0.1, 0.15) is 22.3 Å². The second-order valence-electron chi connectivity index (χ2n) is 30.0. The Morgan fingerprint density at radius 1 is 0.150 bits per heavy atom. The number of aryl methyl sites for hydroxylation is 4. The van der Waals surface area contributed by atoms with E-state index in [1.807, 2.05) is 195 Å². The lowest BCUT2D eigenvalue weighted by atomic mass is 9.86. The number of aromatic nitrogens is 14. The van der Waals surface area contributed by atoms with Crippen LogP contribution < -0.4 is 0 Å². The smallest absolute Gasteiger partial charge is 0.164 e. The second-order valence-corrected chi connectivity index (χ2v) is 30.0. The van der Waals surface area contributed by atoms with Crippen LogP contribution >= 0.6 is 0 Å². The first-order valence-corrected chi connectivity index (χ1v) is 39.9. The van der Waals surface area contributed by atoms with E-state index in [4.69, 9.17) is 49.8 Å². The zero-order valence-electron chi connectivity index (χ0n) is 65.7. The van der Waals surface area contributed by atoms with Gasteiger partial charge >= 0.3 is 0 Å². The topological polar surface area (TPSA) is 180 Å². The number of benzene rings is 12. The summed E-state index contributed by atoms with van der Waals surface area (Å²) >= 11 is 0. The Bertz CT molecular complexity index is 7650. The van der Waals surface area contributed by atoms with Crippen LogP contribution in [-0.4, -0.2) is 69.8 Å². The van der Waals surface area contributed by atoms with Crippen molar-refractivity contribution >= 4 is 86.7 Å². The maximum absolute atomic E-state index is 5.52. The van der Waals surface area contributed by atoms with E-state index >= 15 is 0 Å². The molecule has 14 nitrogen and oxygen atoms in total. The molecule has 0 radical (unpaired) electrons. The molecule has 0 atom stereocenters. The van der Waals surface area contributed by atoms with Crippen LogP contribution in [0, 0.1) is 27.7 Å². The average Bonchev–Trinajstić information content (AvgIpc) is 0.709. The van der Waals surface area contributed by atoms with E-state index in [1.165, 1.54) is 27.3 Å². The van der Waals surface area contributed by atoms with Gasteiger partial charge in [-0.1, -0.05) is 224 Å². The summed E-state index contributed by atoms with van der Waals surface area (Å²) in [6, 6.07) is 104. The number of hydrogen-bond donors (Lipinski definition) is 0. The molecule has 14 heteroatoms. The number of nitrogens with zero attached hydrogens (tertiary/aromatic N) is 14. The van der Waals surface area contributed by atoms with Crippen molar-refractivity contribution < 1.29 is 0 Å². The minimum atomic E-state index is 0.610. The lowest BCUT2D eigenvalue weighted by Crippen LogP contribution is -2.00. The SMILES string of the molecule is Cc1c2c(-c3ccncc3)nc3cc(-c4ccc(-c5nc(-c6ccccc6)nc(-c6ccccc6)n5)cc4)ccc3c2c(C)c2c(-c3ccncc3)nc3ccccc3c12.Cc1c2c(-c3ccncc3)nc3cc(-c4cccc(-c5nc(-c6ccccc6)nc(-c6ccccc6)n5)c4)ccc3c2c(C)c2c(-c3ccncc3)nc3ccccc3c12. The largest absolute Gasteiger partial charge is 0.265 e. The van der Waals surface area contributed by atoms with Gasteiger partial charge < -0.3 is 0 Å². The van der Waals surface area contributed by atoms with Gasteiger partial charge in [0.05, 0.1) is 44.8 Å². The fourth-order valence-corrected chi connectivity index (χ4v) is 17.2. The Labute approximate surface area is 690 Å². The molecule has 22 aromatic rings. The Hall–Kier alpha value is -16.1. The number of fused-ring (bicyclic) bond motifs is 12. The predicted octanol–water partition coefficient (Wildman–Crippen LogP) is 25.4. The van der Waals surface area contributed by atoms with E-state index < -0.39 is 0 Å². The summed E-state index contributed by atoms with van der Waals surface area (Å²) in [6.45, 7) is 8.94. The van der Waals surface area contributed by atoms with E-state index in [-0.39, 0.29) is 0 Å². The van der Waals surface area contributed by atoms with Crippen molar-refractivity contribution in [1.29, 1.82) is 0 Å². The number of hydrogen-bond acceptors (Lipinski definition) is 14. The third-order valence-corrected chi connectivity index (χ3v) is 22.9. The Balaban J connectivity index is 0.000000148. The summed E-state index contributed by atoms with van der Waals surface area (Å²) in [7, 11) is 0. The van der Waals surface area contributed by atoms with Crippen molar-refractivity contribution in [1.82, 2.24) is 69.8 Å². The predicted molar refractivity (Wildman–Crippen MR) is 486 cm³/mol. The van der Waals surface area contributed by atoms with Crippen molar-refractivity contribution in [3.8, 4) is 136 Å². The molecule has 0 saturated carbocycles. The van der Waals surface area contributed by atoms with E-state index in [2.05, 4.69) is 205 Å². The summed E-state index contributed by atoms with van der Waals surface area (Å²) in [5.74, 6) is 3.76. The Morgan fingerprint density at radius 2 is 0.383 bits per heavy atom. The first kappa shape index (κ1) is 71.7. The van der Waals surface area contributed by atoms with E-state index in [0.29, 0.717) is 34.9 Å². The molecule has 0 unspecified atom stereocenters. The van der Waals surface area contributed by atoms with Crippen LogP contribution in [0.3, 0.4) is 0 Å². The van der Waals surface area contributed by atoms with Crippen molar-refractivity contribution in [3.63, 3.8) is 0 Å². The summed E-state index contributed by atoms with van der Waals surface area (Å²) in [5.41, 5.74) is 26.0. The molecular weight excluding hydrogens is 1470 g/mol. The molecule has 0 aliphatic carbocycles. The standard InChI is InChI=1S/2C53H35N7/c1-32-45-41-18-9-10-19-43(41)56-49(34-22-26-54-27-23-34)47(45)33(2)46-42-21-20-39(31-44(42)57-50(48(32)46)35-24-28-55-29-25-35)38-16-11-17-40(30-38)53-59-51(36-12-5-3-6-13-36)58-52(60-53)37-14-7-4-8-15-37;1-32-45-41-15-9-10-16-43(41)56-49(35-23-27-54-28-24-35)47(45)33(2)46-42-22-21-40(31-44(42)57-50(48(32)46)36-25-29-55-30-26-36)34-17-19-39(20-18-34)53-59-51(37-11-5-3-6-12-37)58-52(60-53)38-13-7-4-8-14-38/h2*3-31H,1-2H3. The van der Waals surface area contributed by atoms with Crippen molar-refractivity contribution in [2.75, 3.05) is 0 Å². The van der Waals surface area contributed by atoms with Gasteiger partial charge in [-0.25, -0.2) is 49.8 Å². The Morgan fingerprint density at radius 3 is 0.717 bits per heavy atom. The highest BCUT2D eigenvalue weighted by Gasteiger charge is 2.27. The van der Waals surface area contributed by atoms with Gasteiger partial charge in [-0.05, 0) is 173 Å². The lowest BCUT2D eigenvalue weighted by Gasteiger charge is -2.21. The van der Waals surface area contributed by atoms with Gasteiger partial charge in [-0.2, -0.15) is 0 Å². The minimum Gasteiger partial charge on any atom is -0.265 e. The molecule has 564 valence electrons. The van der Waals surface area contributed by atoms with Gasteiger partial charge in [-0.15, -0.1) is 0 Å². The highest BCUT2D eigenvalue weighted by Crippen LogP contribution is 2.49. The van der Waals surface area contributed by atoms with Gasteiger partial charge in [0.25, 0.3) is 0 Å². The molecule has 0 fully saturated rings. The summed E-state index contributed by atoms with van der Waals surface area (Å²) < 4.78 is 0. The molecule has 10 heterocycles. The minimum absolute atomic E-state index is 0.610. The summed E-state index contributed by atoms with van der Waals surface area (Å²) in [4.78, 5) is 68.7. The zero-order chi connectivity index (χ0) is 80.3. The van der Waals surface area contributed by atoms with Gasteiger partial charge in [0.2, 0.25) is 0 Å². The number of pyridine rings is 8. The van der Waals surface area contributed by atoms with Crippen LogP contribution in [0.5, 0.6) is 0 Å². The molecule has 0 amide bonds. The van der Waals surface area contributed by atoms with Crippen LogP contribution in [0.4, 0.5) is 0 Å². The molecule has 0 saturated heterocycles. The average molecular weight is 1540 g/mol. The van der Waals surface area contributed by atoms with Gasteiger partial charge in [0.1, 0.15) is 0 Å². The first-order chi connectivity index (χ1) is 59.2. The first-order valence-electron chi connectivity index (χ1n) is 39.9. The quantitative estimate of drug-likeness (QED) is 0.0832. The molecule has 12 aromatic carbocycles. The van der Waals surface area contributed by atoms with Crippen molar-refractivity contribution in [2.45, 2.75) is 27.7 Å². The van der Waals surface area contributed by atoms with E-state index in [1.54, 1.807) is 0 Å². The second kappa shape index (κ2) is 30.3. The fourth-order valence-electron chi connectivity index (χ4n) is 17.2. The highest BCUT2D eigenvalue weighted by atomic mass is 15.0. The molecular formula is C106H70N14.